The van der Waals surface area contributed by atoms with Gasteiger partial charge in [0, 0.05) is 29.9 Å². The number of thioether (sulfide) groups is 1. The first-order chi connectivity index (χ1) is 11.8. The number of nitrogens with zero attached hydrogens (tertiary/aromatic N) is 4. The second-order valence-corrected chi connectivity index (χ2v) is 6.35. The lowest BCUT2D eigenvalue weighted by atomic mass is 10.2. The second kappa shape index (κ2) is 6.40. The van der Waals surface area contributed by atoms with Crippen LogP contribution in [0.4, 0.5) is 18.9 Å². The first-order valence-electron chi connectivity index (χ1n) is 7.19. The molecule has 0 spiro atoms. The molecule has 0 N–H and O–H groups in total. The van der Waals surface area contributed by atoms with Crippen LogP contribution in [0.25, 0.3) is 0 Å². The zero-order chi connectivity index (χ0) is 18.2. The van der Waals surface area contributed by atoms with Crippen LogP contribution >= 0.6 is 11.8 Å². The highest BCUT2D eigenvalue weighted by Gasteiger charge is 2.37. The lowest BCUT2D eigenvalue weighted by Gasteiger charge is -2.26. The van der Waals surface area contributed by atoms with Crippen LogP contribution in [-0.2, 0) is 11.0 Å². The Morgan fingerprint density at radius 2 is 2.00 bits per heavy atom. The van der Waals surface area contributed by atoms with Gasteiger partial charge >= 0.3 is 6.18 Å². The van der Waals surface area contributed by atoms with Crippen molar-refractivity contribution in [1.82, 2.24) is 9.78 Å². The van der Waals surface area contributed by atoms with Gasteiger partial charge in [0.05, 0.1) is 5.56 Å². The van der Waals surface area contributed by atoms with Crippen LogP contribution in [-0.4, -0.2) is 20.9 Å². The van der Waals surface area contributed by atoms with E-state index < -0.39 is 23.8 Å². The first kappa shape index (κ1) is 17.3. The molecule has 1 saturated heterocycles. The lowest BCUT2D eigenvalue weighted by Crippen LogP contribution is -2.31. The molecule has 1 aliphatic rings. The van der Waals surface area contributed by atoms with Gasteiger partial charge < -0.3 is 0 Å². The minimum Gasteiger partial charge on any atom is -0.293 e. The van der Waals surface area contributed by atoms with Crippen LogP contribution < -0.4 is 4.90 Å². The van der Waals surface area contributed by atoms with E-state index in [2.05, 4.69) is 16.7 Å². The lowest BCUT2D eigenvalue weighted by molar-refractivity contribution is -0.137. The van der Waals surface area contributed by atoms with Crippen molar-refractivity contribution in [3.8, 4) is 0 Å². The fourth-order valence-corrected chi connectivity index (χ4v) is 3.46. The third-order valence-corrected chi connectivity index (χ3v) is 4.41. The summed E-state index contributed by atoms with van der Waals surface area (Å²) in [5, 5.41) is 4.52. The fourth-order valence-electron chi connectivity index (χ4n) is 2.43. The third kappa shape index (κ3) is 3.46. The molecule has 2 heterocycles. The van der Waals surface area contributed by atoms with Crippen molar-refractivity contribution < 1.29 is 18.0 Å². The highest BCUT2D eigenvalue weighted by molar-refractivity contribution is 8.18. The van der Waals surface area contributed by atoms with Gasteiger partial charge in [-0.05, 0) is 30.3 Å². The number of aliphatic imine (C=N–C) groups is 1. The molecular weight excluding hydrogens is 353 g/mol. The highest BCUT2D eigenvalue weighted by Crippen LogP contribution is 2.44. The van der Waals surface area contributed by atoms with Crippen molar-refractivity contribution in [1.29, 1.82) is 0 Å². The molecule has 1 aromatic carbocycles. The van der Waals surface area contributed by atoms with Crippen molar-refractivity contribution in [3.63, 3.8) is 0 Å². The summed E-state index contributed by atoms with van der Waals surface area (Å²) in [5.41, 5.74) is -0.290. The van der Waals surface area contributed by atoms with Crippen molar-refractivity contribution in [2.75, 3.05) is 4.90 Å². The Kier molecular flexibility index (Phi) is 4.42. The molecule has 0 saturated carbocycles. The van der Waals surface area contributed by atoms with Crippen LogP contribution in [0.1, 0.15) is 18.7 Å². The van der Waals surface area contributed by atoms with E-state index in [1.807, 2.05) is 0 Å². The van der Waals surface area contributed by atoms with Gasteiger partial charge in [-0.15, -0.1) is 0 Å². The smallest absolute Gasteiger partial charge is 0.293 e. The summed E-state index contributed by atoms with van der Waals surface area (Å²) in [5.74, 6) is -0.409. The minimum atomic E-state index is -4.42. The van der Waals surface area contributed by atoms with E-state index in [1.54, 1.807) is 28.0 Å². The number of halogens is 3. The number of carbonyl (C=O) groups excluding carboxylic acids is 1. The first-order valence-corrected chi connectivity index (χ1v) is 8.00. The molecule has 1 fully saturated rings. The van der Waals surface area contributed by atoms with Gasteiger partial charge in [0.25, 0.3) is 0 Å². The fraction of sp³-hybridized carbons (Fsp3) is 0.188. The molecule has 25 heavy (non-hydrogen) atoms. The minimum absolute atomic E-state index is 0.345. The summed E-state index contributed by atoms with van der Waals surface area (Å²) >= 11 is 1.19. The number of amidine groups is 1. The standard InChI is InChI=1S/C16H13F3N4OS/c1-10-14(22-9-3-8-20-22)23(15(25-10)21-11(2)24)13-6-4-12(5-7-13)16(17,18)19/h3-9,14H,1H2,2H3/b21-15-. The summed E-state index contributed by atoms with van der Waals surface area (Å²) in [4.78, 5) is 17.7. The van der Waals surface area contributed by atoms with Gasteiger partial charge in [-0.25, -0.2) is 4.68 Å². The maximum atomic E-state index is 12.8. The Morgan fingerprint density at radius 1 is 1.32 bits per heavy atom. The molecule has 1 unspecified atom stereocenters. The maximum absolute atomic E-state index is 12.8. The molecule has 1 atom stereocenters. The number of hydrogen-bond acceptors (Lipinski definition) is 3. The van der Waals surface area contributed by atoms with Gasteiger partial charge in [0.2, 0.25) is 5.91 Å². The normalized spacial score (nSPS) is 19.7. The Labute approximate surface area is 145 Å². The van der Waals surface area contributed by atoms with Crippen molar-refractivity contribution in [3.05, 3.63) is 59.8 Å². The van der Waals surface area contributed by atoms with Crippen LogP contribution in [0.2, 0.25) is 0 Å². The average Bonchev–Trinajstić information content (AvgIpc) is 3.13. The Bertz CT molecular complexity index is 828. The Balaban J connectivity index is 2.06. The molecule has 1 aliphatic heterocycles. The van der Waals surface area contributed by atoms with Crippen molar-refractivity contribution >= 4 is 28.5 Å². The topological polar surface area (TPSA) is 50.5 Å². The van der Waals surface area contributed by atoms with Crippen molar-refractivity contribution in [2.24, 2.45) is 4.99 Å². The SMILES string of the molecule is C=C1S/C(=N\C(C)=O)N(c2ccc(C(F)(F)F)cc2)C1n1cccn1. The van der Waals surface area contributed by atoms with E-state index in [-0.39, 0.29) is 0 Å². The van der Waals surface area contributed by atoms with Gasteiger partial charge in [-0.1, -0.05) is 18.3 Å². The van der Waals surface area contributed by atoms with Crippen LogP contribution in [0.15, 0.2) is 59.2 Å². The third-order valence-electron chi connectivity index (χ3n) is 3.46. The van der Waals surface area contributed by atoms with Crippen LogP contribution in [0.5, 0.6) is 0 Å². The predicted octanol–water partition coefficient (Wildman–Crippen LogP) is 4.07. The average molecular weight is 366 g/mol. The van der Waals surface area contributed by atoms with Gasteiger partial charge in [0.1, 0.15) is 0 Å². The van der Waals surface area contributed by atoms with E-state index in [0.717, 1.165) is 12.1 Å². The maximum Gasteiger partial charge on any atom is 0.416 e. The summed E-state index contributed by atoms with van der Waals surface area (Å²) in [6.45, 7) is 5.28. The molecule has 3 rings (SSSR count). The van der Waals surface area contributed by atoms with E-state index in [1.165, 1.54) is 30.8 Å². The summed E-state index contributed by atoms with van der Waals surface area (Å²) < 4.78 is 40.0. The zero-order valence-electron chi connectivity index (χ0n) is 13.1. The molecule has 1 aromatic heterocycles. The largest absolute Gasteiger partial charge is 0.416 e. The number of anilines is 1. The van der Waals surface area contributed by atoms with Crippen LogP contribution in [0.3, 0.4) is 0 Å². The number of amides is 1. The summed E-state index contributed by atoms with van der Waals surface area (Å²) in [6, 6.07) is 6.39. The molecule has 1 amide bonds. The molecule has 2 aromatic rings. The van der Waals surface area contributed by atoms with E-state index in [0.29, 0.717) is 15.8 Å². The quantitative estimate of drug-likeness (QED) is 0.804. The Morgan fingerprint density at radius 3 is 2.52 bits per heavy atom. The van der Waals surface area contributed by atoms with Gasteiger partial charge in [-0.2, -0.15) is 23.3 Å². The van der Waals surface area contributed by atoms with Crippen molar-refractivity contribution in [2.45, 2.75) is 19.3 Å². The number of carbonyl (C=O) groups is 1. The van der Waals surface area contributed by atoms with Gasteiger partial charge in [-0.3, -0.25) is 9.69 Å². The monoisotopic (exact) mass is 366 g/mol. The number of aromatic nitrogens is 2. The molecule has 0 bridgehead atoms. The summed E-state index contributed by atoms with van der Waals surface area (Å²) in [7, 11) is 0. The number of rotatable bonds is 2. The zero-order valence-corrected chi connectivity index (χ0v) is 13.9. The van der Waals surface area contributed by atoms with Crippen LogP contribution in [0, 0.1) is 0 Å². The molecule has 5 nitrogen and oxygen atoms in total. The highest BCUT2D eigenvalue weighted by atomic mass is 32.2. The number of alkyl halides is 3. The second-order valence-electron chi connectivity index (χ2n) is 5.26. The summed E-state index contributed by atoms with van der Waals surface area (Å²) in [6.07, 6.45) is -1.61. The molecule has 0 aliphatic carbocycles. The van der Waals surface area contributed by atoms with Gasteiger partial charge in [0.15, 0.2) is 11.3 Å². The Hall–Kier alpha value is -2.55. The number of hydrogen-bond donors (Lipinski definition) is 0. The molecule has 130 valence electrons. The van der Waals surface area contributed by atoms with E-state index in [9.17, 15) is 18.0 Å². The molecular formula is C16H13F3N4OS. The predicted molar refractivity (Wildman–Crippen MR) is 90.0 cm³/mol. The number of benzene rings is 1. The molecule has 0 radical (unpaired) electrons. The molecule has 9 heteroatoms. The van der Waals surface area contributed by atoms with E-state index in [4.69, 9.17) is 0 Å². The van der Waals surface area contributed by atoms with E-state index >= 15 is 0 Å².